The molecular formula is C18H21N7O2S. The Morgan fingerprint density at radius 2 is 1.57 bits per heavy atom. The van der Waals surface area contributed by atoms with Crippen molar-refractivity contribution in [3.63, 3.8) is 0 Å². The molecule has 9 nitrogen and oxygen atoms in total. The summed E-state index contributed by atoms with van der Waals surface area (Å²) in [4.78, 5) is 16.9. The average molecular weight is 399 g/mol. The van der Waals surface area contributed by atoms with Gasteiger partial charge in [0.25, 0.3) is 10.0 Å². The van der Waals surface area contributed by atoms with Crippen LogP contribution in [-0.4, -0.2) is 54.1 Å². The van der Waals surface area contributed by atoms with Crippen molar-refractivity contribution in [3.8, 4) is 0 Å². The van der Waals surface area contributed by atoms with Crippen LogP contribution in [0.3, 0.4) is 0 Å². The minimum Gasteiger partial charge on any atom is -0.368 e. The highest BCUT2D eigenvalue weighted by Crippen LogP contribution is 2.19. The van der Waals surface area contributed by atoms with Crippen molar-refractivity contribution in [1.29, 1.82) is 0 Å². The van der Waals surface area contributed by atoms with E-state index in [2.05, 4.69) is 41.6 Å². The topological polar surface area (TPSA) is 96.2 Å². The van der Waals surface area contributed by atoms with E-state index < -0.39 is 10.0 Å². The van der Waals surface area contributed by atoms with Gasteiger partial charge in [0.2, 0.25) is 5.95 Å². The third-order valence-corrected chi connectivity index (χ3v) is 5.80. The maximum absolute atomic E-state index is 12.3. The maximum atomic E-state index is 12.3. The van der Waals surface area contributed by atoms with Gasteiger partial charge < -0.3 is 14.4 Å². The fourth-order valence-corrected chi connectivity index (χ4v) is 4.09. The predicted molar refractivity (Wildman–Crippen MR) is 107 cm³/mol. The van der Waals surface area contributed by atoms with Gasteiger partial charge in [-0.2, -0.15) is 8.42 Å². The molecule has 0 bridgehead atoms. The average Bonchev–Trinajstić information content (AvgIpc) is 3.17. The molecule has 10 heteroatoms. The molecule has 0 unspecified atom stereocenters. The second-order valence-corrected chi connectivity index (χ2v) is 8.19. The van der Waals surface area contributed by atoms with E-state index >= 15 is 0 Å². The number of para-hydroxylation sites is 1. The summed E-state index contributed by atoms with van der Waals surface area (Å²) >= 11 is 0. The van der Waals surface area contributed by atoms with E-state index in [-0.39, 0.29) is 5.03 Å². The van der Waals surface area contributed by atoms with Gasteiger partial charge in [0.15, 0.2) is 5.03 Å². The van der Waals surface area contributed by atoms with Crippen LogP contribution in [0, 0.1) is 0 Å². The number of nitrogens with one attached hydrogen (secondary N) is 1. The van der Waals surface area contributed by atoms with Crippen LogP contribution < -0.4 is 14.5 Å². The van der Waals surface area contributed by atoms with E-state index in [1.807, 2.05) is 18.2 Å². The number of nitrogens with zero attached hydrogens (tertiary/aromatic N) is 6. The number of benzene rings is 1. The van der Waals surface area contributed by atoms with Crippen LogP contribution in [0.25, 0.3) is 0 Å². The van der Waals surface area contributed by atoms with Gasteiger partial charge in [0, 0.05) is 45.1 Å². The Hall–Kier alpha value is -3.14. The van der Waals surface area contributed by atoms with Crippen LogP contribution in [0.5, 0.6) is 0 Å². The fourth-order valence-electron chi connectivity index (χ4n) is 3.08. The fraction of sp³-hybridized carbons (Fsp3) is 0.278. The lowest BCUT2D eigenvalue weighted by molar-refractivity contribution is 0.598. The van der Waals surface area contributed by atoms with E-state index in [1.165, 1.54) is 30.6 Å². The zero-order valence-electron chi connectivity index (χ0n) is 15.4. The van der Waals surface area contributed by atoms with Crippen molar-refractivity contribution in [3.05, 3.63) is 55.2 Å². The Labute approximate surface area is 163 Å². The number of imidazole rings is 1. The molecule has 1 N–H and O–H groups in total. The van der Waals surface area contributed by atoms with Gasteiger partial charge in [-0.1, -0.05) is 18.2 Å². The number of piperazine rings is 1. The Morgan fingerprint density at radius 3 is 2.18 bits per heavy atom. The Bertz CT molecular complexity index is 1030. The highest BCUT2D eigenvalue weighted by atomic mass is 32.2. The highest BCUT2D eigenvalue weighted by molar-refractivity contribution is 7.92. The number of hydrogen-bond acceptors (Lipinski definition) is 7. The highest BCUT2D eigenvalue weighted by Gasteiger charge is 2.20. The largest absolute Gasteiger partial charge is 0.368 e. The SMILES string of the molecule is Cn1cnc(S(=O)(=O)Nc2cnc(N3CCN(c4ccccc4)CC3)nc2)c1. The first kappa shape index (κ1) is 18.2. The zero-order valence-corrected chi connectivity index (χ0v) is 16.2. The third-order valence-electron chi connectivity index (χ3n) is 4.53. The predicted octanol–water partition coefficient (Wildman–Crippen LogP) is 1.34. The molecule has 146 valence electrons. The molecular weight excluding hydrogens is 378 g/mol. The first-order valence-electron chi connectivity index (χ1n) is 8.89. The Balaban J connectivity index is 1.39. The van der Waals surface area contributed by atoms with Gasteiger partial charge in [-0.15, -0.1) is 0 Å². The van der Waals surface area contributed by atoms with Crippen LogP contribution in [0.4, 0.5) is 17.3 Å². The molecule has 1 aliphatic rings. The molecule has 0 saturated carbocycles. The van der Waals surface area contributed by atoms with Gasteiger partial charge in [-0.25, -0.2) is 15.0 Å². The zero-order chi connectivity index (χ0) is 19.6. The van der Waals surface area contributed by atoms with E-state index in [0.29, 0.717) is 11.6 Å². The number of aryl methyl sites for hydroxylation is 1. The van der Waals surface area contributed by atoms with Gasteiger partial charge in [-0.3, -0.25) is 4.72 Å². The summed E-state index contributed by atoms with van der Waals surface area (Å²) in [6.07, 6.45) is 5.83. The van der Waals surface area contributed by atoms with Crippen LogP contribution >= 0.6 is 0 Å². The molecule has 0 spiro atoms. The van der Waals surface area contributed by atoms with Crippen LogP contribution in [0.2, 0.25) is 0 Å². The number of aromatic nitrogens is 4. The normalized spacial score (nSPS) is 14.9. The summed E-state index contributed by atoms with van der Waals surface area (Å²) in [5.41, 5.74) is 1.51. The van der Waals surface area contributed by atoms with Crippen molar-refractivity contribution in [2.75, 3.05) is 40.7 Å². The summed E-state index contributed by atoms with van der Waals surface area (Å²) in [7, 11) is -2.04. The summed E-state index contributed by atoms with van der Waals surface area (Å²) in [6.45, 7) is 3.35. The third kappa shape index (κ3) is 3.91. The second-order valence-electron chi connectivity index (χ2n) is 6.56. The standard InChI is InChI=1S/C18H21N7O2S/c1-23-13-17(21-14-23)28(26,27)22-15-11-19-18(20-12-15)25-9-7-24(8-10-25)16-5-3-2-4-6-16/h2-6,11-14,22H,7-10H2,1H3. The monoisotopic (exact) mass is 399 g/mol. The van der Waals surface area contributed by atoms with Crippen molar-refractivity contribution >= 4 is 27.3 Å². The van der Waals surface area contributed by atoms with Gasteiger partial charge in [0.05, 0.1) is 24.4 Å². The molecule has 1 aromatic carbocycles. The van der Waals surface area contributed by atoms with Crippen LogP contribution in [0.15, 0.2) is 60.3 Å². The smallest absolute Gasteiger partial charge is 0.281 e. The minimum atomic E-state index is -3.75. The Morgan fingerprint density at radius 1 is 0.929 bits per heavy atom. The van der Waals surface area contributed by atoms with E-state index in [4.69, 9.17) is 0 Å². The summed E-state index contributed by atoms with van der Waals surface area (Å²) in [5.74, 6) is 0.591. The number of sulfonamides is 1. The number of rotatable bonds is 5. The maximum Gasteiger partial charge on any atom is 0.281 e. The first-order chi connectivity index (χ1) is 13.5. The molecule has 3 aromatic rings. The van der Waals surface area contributed by atoms with Crippen LogP contribution in [0.1, 0.15) is 0 Å². The summed E-state index contributed by atoms with van der Waals surface area (Å²) < 4.78 is 28.7. The number of anilines is 3. The molecule has 0 aliphatic carbocycles. The minimum absolute atomic E-state index is 0.0453. The molecule has 0 radical (unpaired) electrons. The number of hydrogen-bond donors (Lipinski definition) is 1. The lowest BCUT2D eigenvalue weighted by Gasteiger charge is -2.36. The second kappa shape index (κ2) is 7.47. The molecule has 3 heterocycles. The van der Waals surface area contributed by atoms with Crippen LogP contribution in [-0.2, 0) is 17.1 Å². The lowest BCUT2D eigenvalue weighted by atomic mass is 10.2. The van der Waals surface area contributed by atoms with Crippen molar-refractivity contribution < 1.29 is 8.42 Å². The molecule has 1 aliphatic heterocycles. The molecule has 0 atom stereocenters. The molecule has 4 rings (SSSR count). The van der Waals surface area contributed by atoms with E-state index in [0.717, 1.165) is 26.2 Å². The van der Waals surface area contributed by atoms with Gasteiger partial charge in [-0.05, 0) is 12.1 Å². The molecule has 28 heavy (non-hydrogen) atoms. The van der Waals surface area contributed by atoms with Gasteiger partial charge >= 0.3 is 0 Å². The molecule has 1 saturated heterocycles. The van der Waals surface area contributed by atoms with Crippen molar-refractivity contribution in [2.45, 2.75) is 5.03 Å². The molecule has 0 amide bonds. The Kier molecular flexibility index (Phi) is 4.86. The molecule has 2 aromatic heterocycles. The lowest BCUT2D eigenvalue weighted by Crippen LogP contribution is -2.47. The molecule has 1 fully saturated rings. The first-order valence-corrected chi connectivity index (χ1v) is 10.4. The van der Waals surface area contributed by atoms with E-state index in [9.17, 15) is 8.42 Å². The van der Waals surface area contributed by atoms with Crippen molar-refractivity contribution in [1.82, 2.24) is 19.5 Å². The summed E-state index contributed by atoms with van der Waals surface area (Å²) in [6, 6.07) is 10.3. The van der Waals surface area contributed by atoms with Crippen molar-refractivity contribution in [2.24, 2.45) is 7.05 Å². The summed E-state index contributed by atoms with van der Waals surface area (Å²) in [5, 5.41) is -0.0453. The quantitative estimate of drug-likeness (QED) is 0.691. The van der Waals surface area contributed by atoms with Gasteiger partial charge in [0.1, 0.15) is 0 Å². The van der Waals surface area contributed by atoms with E-state index in [1.54, 1.807) is 11.6 Å².